The van der Waals surface area contributed by atoms with Crippen molar-refractivity contribution in [1.29, 1.82) is 0 Å². The zero-order valence-corrected chi connectivity index (χ0v) is 51.7. The van der Waals surface area contributed by atoms with Gasteiger partial charge < -0.3 is 90.2 Å². The van der Waals surface area contributed by atoms with Gasteiger partial charge in [-0.1, -0.05) is 39.8 Å². The van der Waals surface area contributed by atoms with E-state index in [1.165, 1.54) is 11.8 Å². The molecule has 2 bridgehead atoms. The number of guanidine groups is 1. The van der Waals surface area contributed by atoms with Crippen molar-refractivity contribution in [3.63, 3.8) is 0 Å². The highest BCUT2D eigenvalue weighted by atomic mass is 16.4. The van der Waals surface area contributed by atoms with Gasteiger partial charge in [0.15, 0.2) is 5.96 Å². The summed E-state index contributed by atoms with van der Waals surface area (Å²) in [5.74, 6) is -17.9. The van der Waals surface area contributed by atoms with Crippen molar-refractivity contribution in [3.05, 3.63) is 12.2 Å². The number of likely N-dealkylation sites (tertiary alicyclic amines) is 2. The second-order valence-electron chi connectivity index (χ2n) is 23.5. The molecule has 2 aliphatic carbocycles. The number of nitrogens with zero attached hydrogens (tertiary/aromatic N) is 3. The molecule has 4 rings (SSSR count). The maximum atomic E-state index is 13.7. The van der Waals surface area contributed by atoms with Crippen LogP contribution in [-0.4, -0.2) is 226 Å². The Morgan fingerprint density at radius 3 is 1.61 bits per heavy atom. The Hall–Kier alpha value is -9.80. The minimum atomic E-state index is -1.84. The number of hydrogen-bond donors (Lipinski definition) is 16. The van der Waals surface area contributed by atoms with E-state index < -0.39 is 213 Å². The molecule has 18 N–H and O–H groups in total. The fourth-order valence-electron chi connectivity index (χ4n) is 10.9. The molecule has 36 heteroatoms. The van der Waals surface area contributed by atoms with E-state index in [2.05, 4.69) is 58.2 Å². The first kappa shape index (κ1) is 74.7. The number of carbonyl (C=O) groups excluding carboxylic acids is 14. The van der Waals surface area contributed by atoms with E-state index in [4.69, 9.17) is 16.6 Å². The van der Waals surface area contributed by atoms with Gasteiger partial charge in [0.05, 0.1) is 44.4 Å². The average molecular weight is 1300 g/mol. The number of carboxylic acid groups (broad SMARTS) is 3. The molecule has 4 aliphatic rings. The summed E-state index contributed by atoms with van der Waals surface area (Å²) in [7, 11) is 0. The van der Waals surface area contributed by atoms with E-state index in [1.54, 1.807) is 27.7 Å². The first-order valence-corrected chi connectivity index (χ1v) is 30.0. The predicted octanol–water partition coefficient (Wildman–Crippen LogP) is -7.14. The third-order valence-corrected chi connectivity index (χ3v) is 15.2. The van der Waals surface area contributed by atoms with Gasteiger partial charge in [-0.2, -0.15) is 0 Å². The normalized spacial score (nSPS) is 19.6. The van der Waals surface area contributed by atoms with Gasteiger partial charge in [0.2, 0.25) is 82.7 Å². The topological polar surface area (TPSA) is 554 Å². The number of imide groups is 1. The van der Waals surface area contributed by atoms with Crippen molar-refractivity contribution in [1.82, 2.24) is 68.3 Å². The Bertz CT molecular complexity index is 2870. The lowest BCUT2D eigenvalue weighted by Gasteiger charge is -2.27. The van der Waals surface area contributed by atoms with Crippen LogP contribution in [0.3, 0.4) is 0 Å². The van der Waals surface area contributed by atoms with Crippen LogP contribution in [0.15, 0.2) is 17.1 Å². The van der Waals surface area contributed by atoms with Crippen molar-refractivity contribution in [2.45, 2.75) is 141 Å². The summed E-state index contributed by atoms with van der Waals surface area (Å²) in [6.45, 7) is 4.12. The number of carboxylic acids is 3. The Morgan fingerprint density at radius 2 is 1.04 bits per heavy atom. The van der Waals surface area contributed by atoms with E-state index in [9.17, 15) is 91.7 Å². The molecule has 14 amide bonds. The van der Waals surface area contributed by atoms with Crippen LogP contribution in [0, 0.1) is 35.5 Å². The minimum absolute atomic E-state index is 0.0149. The molecule has 3 fully saturated rings. The van der Waals surface area contributed by atoms with E-state index in [0.717, 1.165) is 11.3 Å². The van der Waals surface area contributed by atoms with Crippen molar-refractivity contribution < 1.29 is 96.8 Å². The number of rotatable bonds is 38. The van der Waals surface area contributed by atoms with Gasteiger partial charge >= 0.3 is 17.9 Å². The van der Waals surface area contributed by atoms with Crippen molar-refractivity contribution >= 4 is 107 Å². The van der Waals surface area contributed by atoms with Gasteiger partial charge in [-0.05, 0) is 82.0 Å². The van der Waals surface area contributed by atoms with Crippen LogP contribution in [0.5, 0.6) is 0 Å². The molecule has 1 saturated carbocycles. The van der Waals surface area contributed by atoms with Crippen molar-refractivity contribution in [3.8, 4) is 0 Å². The molecule has 11 atom stereocenters. The molecule has 4 unspecified atom stereocenters. The number of allylic oxidation sites excluding steroid dienone is 2. The number of nitrogens with two attached hydrogens (primary N) is 2. The molecule has 0 aromatic carbocycles. The second-order valence-corrected chi connectivity index (χ2v) is 23.5. The number of nitrogens with one attached hydrogen (secondary N) is 11. The largest absolute Gasteiger partial charge is 0.481 e. The van der Waals surface area contributed by atoms with Crippen LogP contribution in [0.2, 0.25) is 0 Å². The molecule has 0 radical (unpaired) electrons. The zero-order chi connectivity index (χ0) is 68.7. The lowest BCUT2D eigenvalue weighted by atomic mass is 9.85. The summed E-state index contributed by atoms with van der Waals surface area (Å²) in [4.78, 5) is 225. The Labute approximate surface area is 527 Å². The smallest absolute Gasteiger partial charge is 0.322 e. The van der Waals surface area contributed by atoms with E-state index in [1.807, 2.05) is 17.5 Å². The number of hydrogen-bond acceptors (Lipinski definition) is 18. The number of fused-ring (bicyclic) bond motifs is 5. The molecule has 0 aromatic heterocycles. The molecule has 508 valence electrons. The zero-order valence-electron chi connectivity index (χ0n) is 51.7. The third-order valence-electron chi connectivity index (χ3n) is 15.2. The monoisotopic (exact) mass is 1300 g/mol. The van der Waals surface area contributed by atoms with E-state index >= 15 is 0 Å². The van der Waals surface area contributed by atoms with E-state index in [-0.39, 0.29) is 74.8 Å². The maximum absolute atomic E-state index is 13.7. The summed E-state index contributed by atoms with van der Waals surface area (Å²) in [5.41, 5.74) is 10.7. The highest BCUT2D eigenvalue weighted by molar-refractivity contribution is 6.09. The van der Waals surface area contributed by atoms with Crippen molar-refractivity contribution in [2.24, 2.45) is 52.0 Å². The molecule has 2 aliphatic heterocycles. The summed E-state index contributed by atoms with van der Waals surface area (Å²) < 4.78 is 0. The van der Waals surface area contributed by atoms with Crippen LogP contribution >= 0.6 is 0 Å². The highest BCUT2D eigenvalue weighted by Crippen LogP contribution is 2.52. The summed E-state index contributed by atoms with van der Waals surface area (Å²) in [6, 6.07) is -9.92. The first-order valence-electron chi connectivity index (χ1n) is 30.0. The third kappa shape index (κ3) is 23.5. The maximum Gasteiger partial charge on any atom is 0.322 e. The van der Waals surface area contributed by atoms with Crippen LogP contribution in [0.25, 0.3) is 0 Å². The van der Waals surface area contributed by atoms with Gasteiger partial charge in [-0.15, -0.1) is 0 Å². The molecule has 2 heterocycles. The lowest BCUT2D eigenvalue weighted by Crippen LogP contribution is -2.57. The van der Waals surface area contributed by atoms with Crippen LogP contribution < -0.4 is 70.0 Å². The first-order chi connectivity index (χ1) is 43.3. The van der Waals surface area contributed by atoms with Crippen LogP contribution in [0.1, 0.15) is 98.8 Å². The number of carbonyl (C=O) groups is 17. The fraction of sp³-hybridized carbons (Fsp3) is 0.643. The van der Waals surface area contributed by atoms with Gasteiger partial charge in [0, 0.05) is 19.5 Å². The van der Waals surface area contributed by atoms with Crippen molar-refractivity contribution in [2.75, 3.05) is 52.4 Å². The van der Waals surface area contributed by atoms with Crippen LogP contribution in [-0.2, 0) is 81.5 Å². The van der Waals surface area contributed by atoms with Gasteiger partial charge in [-0.3, -0.25) is 91.4 Å². The molecule has 36 nitrogen and oxygen atoms in total. The lowest BCUT2D eigenvalue weighted by molar-refractivity contribution is -0.145. The number of aliphatic imine (C=N–C) groups is 1. The Morgan fingerprint density at radius 1 is 0.543 bits per heavy atom. The molecular weight excluding hydrogens is 1220 g/mol. The summed E-state index contributed by atoms with van der Waals surface area (Å²) >= 11 is 0. The molecule has 92 heavy (non-hydrogen) atoms. The van der Waals surface area contributed by atoms with E-state index in [0.29, 0.717) is 6.42 Å². The van der Waals surface area contributed by atoms with Crippen LogP contribution in [0.4, 0.5) is 0 Å². The molecule has 0 spiro atoms. The average Bonchev–Trinajstić information content (AvgIpc) is 1.58. The predicted molar refractivity (Wildman–Crippen MR) is 317 cm³/mol. The van der Waals surface area contributed by atoms with Gasteiger partial charge in [0.25, 0.3) is 0 Å². The van der Waals surface area contributed by atoms with Gasteiger partial charge in [-0.25, -0.2) is 0 Å². The molecule has 2 saturated heterocycles. The second kappa shape index (κ2) is 35.6. The number of amides is 14. The quantitative estimate of drug-likeness (QED) is 0.00898. The number of aliphatic carboxylic acids is 3. The summed E-state index contributed by atoms with van der Waals surface area (Å²) in [6.07, 6.45) is 2.82. The highest BCUT2D eigenvalue weighted by Gasteiger charge is 2.59. The summed E-state index contributed by atoms with van der Waals surface area (Å²) in [5, 5.41) is 53.2. The minimum Gasteiger partial charge on any atom is -0.481 e. The molecule has 0 aromatic rings. The standard InChI is InChI=1S/C56H84N16O20/c1-26(2)16-33(70-53(90)36-9-7-15-71(36)41(77)23-61-40(76)25-72-54(91)45-29-10-11-30(18-29)46(45)55(72)92)48(85)63-22-39(75)67-34(17-27(3)4)52(89)65-28(5)47(84)62-20-37(73)60-21-38(74)66-32(12-13-42(78)79)51(88)68-31(8-6-14-59-56(57)58)50(87)69-35(19-43(80)81)49(86)64-24-44(82)83/h10-11,26-36,45-46H,6-9,12-25H2,1-5H3,(H,60,73)(H,61,76)(H,62,84)(H,63,85)(H,64,86)(H,65,89)(H,66,74)(H,67,75)(H,68,88)(H,69,87)(H,70,90)(H,78,79)(H,80,81)(H,82,83)(H4,57,58,59)/t28-,29?,30?,31-,32-,33-,34-,35-,36-,45?,46?/m1/s1. The Balaban J connectivity index is 1.25. The van der Waals surface area contributed by atoms with Gasteiger partial charge in [0.1, 0.15) is 55.4 Å². The fourth-order valence-corrected chi connectivity index (χ4v) is 10.9. The Kier molecular flexibility index (Phi) is 28.9. The molecular formula is C56H84N16O20. The SMILES string of the molecule is CC(C)C[C@@H](NC(=O)CNC(=O)[C@@H](CC(C)C)NC(=O)[C@H]1CCCN1C(=O)CNC(=O)CN1C(=O)C2C3C=CC(C3)C2C1=O)C(=O)N[C@H](C)C(=O)NCC(=O)NCC(=O)N[C@H](CCC(=O)O)C(=O)N[C@H](CCCN=C(N)N)C(=O)N[C@H](CC(=O)O)C(=O)NCC(=O)O.